The Morgan fingerprint density at radius 1 is 1.23 bits per heavy atom. The Labute approximate surface area is 185 Å². The number of nitrogens with zero attached hydrogens (tertiary/aromatic N) is 4. The SMILES string of the molecule is CCCn1c(C)cc(/C=C(/C#N)C(=O)NCc2ccc(N3CCCCCC3)nc2)c1C. The number of nitrogens with one attached hydrogen (secondary N) is 1. The molecule has 164 valence electrons. The fourth-order valence-electron chi connectivity index (χ4n) is 4.13. The molecule has 0 saturated carbocycles. The number of nitriles is 1. The predicted molar refractivity (Wildman–Crippen MR) is 125 cm³/mol. The van der Waals surface area contributed by atoms with Crippen LogP contribution in [0.3, 0.4) is 0 Å². The van der Waals surface area contributed by atoms with Gasteiger partial charge in [0.05, 0.1) is 0 Å². The largest absolute Gasteiger partial charge is 0.357 e. The summed E-state index contributed by atoms with van der Waals surface area (Å²) in [4.78, 5) is 19.5. The lowest BCUT2D eigenvalue weighted by Gasteiger charge is -2.21. The number of pyridine rings is 1. The van der Waals surface area contributed by atoms with Gasteiger partial charge in [0.2, 0.25) is 0 Å². The molecule has 1 amide bonds. The zero-order valence-electron chi connectivity index (χ0n) is 18.9. The molecule has 1 saturated heterocycles. The molecule has 2 aromatic heterocycles. The zero-order chi connectivity index (χ0) is 22.2. The summed E-state index contributed by atoms with van der Waals surface area (Å²) >= 11 is 0. The third kappa shape index (κ3) is 5.75. The molecule has 1 aliphatic rings. The molecular formula is C25H33N5O. The maximum atomic E-state index is 12.6. The molecule has 1 fully saturated rings. The molecule has 1 aliphatic heterocycles. The maximum Gasteiger partial charge on any atom is 0.262 e. The summed E-state index contributed by atoms with van der Waals surface area (Å²) in [5.41, 5.74) is 4.17. The second kappa shape index (κ2) is 10.8. The molecule has 0 unspecified atom stereocenters. The molecule has 0 bridgehead atoms. The van der Waals surface area contributed by atoms with Gasteiger partial charge in [0.25, 0.3) is 5.91 Å². The molecule has 0 aliphatic carbocycles. The minimum atomic E-state index is -0.362. The van der Waals surface area contributed by atoms with Gasteiger partial charge < -0.3 is 14.8 Å². The lowest BCUT2D eigenvalue weighted by molar-refractivity contribution is -0.117. The van der Waals surface area contributed by atoms with Crippen LogP contribution < -0.4 is 10.2 Å². The lowest BCUT2D eigenvalue weighted by atomic mass is 10.1. The summed E-state index contributed by atoms with van der Waals surface area (Å²) in [5.74, 6) is 0.636. The minimum Gasteiger partial charge on any atom is -0.357 e. The molecule has 0 spiro atoms. The second-order valence-corrected chi connectivity index (χ2v) is 8.26. The topological polar surface area (TPSA) is 74.0 Å². The molecule has 6 nitrogen and oxygen atoms in total. The Morgan fingerprint density at radius 3 is 2.58 bits per heavy atom. The molecule has 0 radical (unpaired) electrons. The van der Waals surface area contributed by atoms with Gasteiger partial charge in [-0.1, -0.05) is 25.8 Å². The number of amides is 1. The monoisotopic (exact) mass is 419 g/mol. The Morgan fingerprint density at radius 2 is 1.97 bits per heavy atom. The number of hydrogen-bond donors (Lipinski definition) is 1. The third-order valence-electron chi connectivity index (χ3n) is 5.92. The van der Waals surface area contributed by atoms with Crippen LogP contribution in [0.25, 0.3) is 6.08 Å². The van der Waals surface area contributed by atoms with E-state index in [0.717, 1.165) is 54.4 Å². The Kier molecular flexibility index (Phi) is 7.88. The Hall–Kier alpha value is -3.07. The highest BCUT2D eigenvalue weighted by Crippen LogP contribution is 2.19. The number of anilines is 1. The van der Waals surface area contributed by atoms with Crippen molar-refractivity contribution in [3.05, 3.63) is 52.5 Å². The number of carbonyl (C=O) groups excluding carboxylic acids is 1. The van der Waals surface area contributed by atoms with Gasteiger partial charge in [0.1, 0.15) is 17.5 Å². The molecule has 31 heavy (non-hydrogen) atoms. The van der Waals surface area contributed by atoms with E-state index in [1.807, 2.05) is 31.3 Å². The summed E-state index contributed by atoms with van der Waals surface area (Å²) in [6.45, 7) is 9.60. The van der Waals surface area contributed by atoms with Gasteiger partial charge in [0, 0.05) is 43.8 Å². The molecule has 2 aromatic rings. The predicted octanol–water partition coefficient (Wildman–Crippen LogP) is 4.51. The van der Waals surface area contributed by atoms with Crippen LogP contribution in [0.2, 0.25) is 0 Å². The first-order chi connectivity index (χ1) is 15.0. The highest BCUT2D eigenvalue weighted by Gasteiger charge is 2.14. The van der Waals surface area contributed by atoms with E-state index in [9.17, 15) is 10.1 Å². The van der Waals surface area contributed by atoms with E-state index in [4.69, 9.17) is 0 Å². The standard InChI is InChI=1S/C25H33N5O/c1-4-11-30-19(2)14-22(20(30)3)15-23(16-26)25(31)28-18-21-9-10-24(27-17-21)29-12-7-5-6-8-13-29/h9-10,14-15,17H,4-8,11-13,18H2,1-3H3,(H,28,31)/b23-15-. The number of aromatic nitrogens is 2. The van der Waals surface area contributed by atoms with E-state index in [1.54, 1.807) is 6.08 Å². The molecule has 1 N–H and O–H groups in total. The first kappa shape index (κ1) is 22.6. The Balaban J connectivity index is 1.63. The van der Waals surface area contributed by atoms with Crippen molar-refractivity contribution in [2.45, 2.75) is 66.0 Å². The quantitative estimate of drug-likeness (QED) is 0.529. The van der Waals surface area contributed by atoms with Crippen molar-refractivity contribution >= 4 is 17.8 Å². The summed E-state index contributed by atoms with van der Waals surface area (Å²) < 4.78 is 2.22. The van der Waals surface area contributed by atoms with Gasteiger partial charge in [-0.05, 0) is 62.4 Å². The normalized spacial score (nSPS) is 14.8. The lowest BCUT2D eigenvalue weighted by Crippen LogP contribution is -2.25. The smallest absolute Gasteiger partial charge is 0.262 e. The molecule has 3 rings (SSSR count). The first-order valence-electron chi connectivity index (χ1n) is 11.3. The fraction of sp³-hybridized carbons (Fsp3) is 0.480. The minimum absolute atomic E-state index is 0.117. The highest BCUT2D eigenvalue weighted by molar-refractivity contribution is 6.01. The van der Waals surface area contributed by atoms with Crippen LogP contribution >= 0.6 is 0 Å². The average molecular weight is 420 g/mol. The van der Waals surface area contributed by atoms with Crippen LogP contribution in [0, 0.1) is 25.2 Å². The van der Waals surface area contributed by atoms with Gasteiger partial charge in [-0.25, -0.2) is 4.98 Å². The van der Waals surface area contributed by atoms with Gasteiger partial charge >= 0.3 is 0 Å². The third-order valence-corrected chi connectivity index (χ3v) is 5.92. The van der Waals surface area contributed by atoms with Crippen LogP contribution in [0.4, 0.5) is 5.82 Å². The van der Waals surface area contributed by atoms with Gasteiger partial charge in [0.15, 0.2) is 0 Å². The van der Waals surface area contributed by atoms with Crippen molar-refractivity contribution in [1.29, 1.82) is 5.26 Å². The van der Waals surface area contributed by atoms with Crippen molar-refractivity contribution in [3.8, 4) is 6.07 Å². The number of rotatable bonds is 7. The number of hydrogen-bond acceptors (Lipinski definition) is 4. The van der Waals surface area contributed by atoms with Crippen molar-refractivity contribution in [2.75, 3.05) is 18.0 Å². The van der Waals surface area contributed by atoms with E-state index in [-0.39, 0.29) is 11.5 Å². The van der Waals surface area contributed by atoms with Crippen LogP contribution in [-0.4, -0.2) is 28.5 Å². The first-order valence-corrected chi connectivity index (χ1v) is 11.3. The maximum absolute atomic E-state index is 12.6. The Bertz CT molecular complexity index is 957. The zero-order valence-corrected chi connectivity index (χ0v) is 18.9. The van der Waals surface area contributed by atoms with E-state index in [2.05, 4.69) is 39.7 Å². The van der Waals surface area contributed by atoms with Crippen molar-refractivity contribution in [1.82, 2.24) is 14.9 Å². The number of aryl methyl sites for hydroxylation is 1. The summed E-state index contributed by atoms with van der Waals surface area (Å²) in [7, 11) is 0. The van der Waals surface area contributed by atoms with E-state index < -0.39 is 0 Å². The van der Waals surface area contributed by atoms with E-state index in [0.29, 0.717) is 6.54 Å². The molecule has 6 heteroatoms. The number of carbonyl (C=O) groups is 1. The average Bonchev–Trinajstić information content (AvgIpc) is 2.97. The van der Waals surface area contributed by atoms with Gasteiger partial charge in [-0.3, -0.25) is 4.79 Å². The summed E-state index contributed by atoms with van der Waals surface area (Å²) in [6, 6.07) is 8.10. The van der Waals surface area contributed by atoms with Crippen LogP contribution in [0.1, 0.15) is 61.5 Å². The van der Waals surface area contributed by atoms with Crippen molar-refractivity contribution in [3.63, 3.8) is 0 Å². The van der Waals surface area contributed by atoms with Crippen molar-refractivity contribution in [2.24, 2.45) is 0 Å². The summed E-state index contributed by atoms with van der Waals surface area (Å²) in [6.07, 6.45) is 9.54. The second-order valence-electron chi connectivity index (χ2n) is 8.26. The van der Waals surface area contributed by atoms with E-state index >= 15 is 0 Å². The van der Waals surface area contributed by atoms with Crippen LogP contribution in [0.5, 0.6) is 0 Å². The van der Waals surface area contributed by atoms with Crippen LogP contribution in [0.15, 0.2) is 30.0 Å². The van der Waals surface area contributed by atoms with E-state index in [1.165, 1.54) is 25.7 Å². The molecule has 0 aromatic carbocycles. The van der Waals surface area contributed by atoms with Gasteiger partial charge in [-0.2, -0.15) is 5.26 Å². The van der Waals surface area contributed by atoms with Crippen molar-refractivity contribution < 1.29 is 4.79 Å². The molecule has 0 atom stereocenters. The van der Waals surface area contributed by atoms with Crippen LogP contribution in [-0.2, 0) is 17.9 Å². The highest BCUT2D eigenvalue weighted by atomic mass is 16.1. The van der Waals surface area contributed by atoms with Gasteiger partial charge in [-0.15, -0.1) is 0 Å². The molecule has 3 heterocycles. The molecular weight excluding hydrogens is 386 g/mol. The fourth-order valence-corrected chi connectivity index (χ4v) is 4.13. The summed E-state index contributed by atoms with van der Waals surface area (Å²) in [5, 5.41) is 12.4.